The standard InChI is InChI=1S/C9H11Cl2NO4/c1-2-15-8(14)7(10)9(11)4-12-5(13)3-6(12)16-9/h6-7H,2-4H2,1H3. The van der Waals surface area contributed by atoms with Crippen LogP contribution in [0.3, 0.4) is 0 Å². The van der Waals surface area contributed by atoms with Crippen LogP contribution in [0.15, 0.2) is 0 Å². The van der Waals surface area contributed by atoms with E-state index in [1.807, 2.05) is 0 Å². The highest BCUT2D eigenvalue weighted by Gasteiger charge is 2.57. The lowest BCUT2D eigenvalue weighted by molar-refractivity contribution is -0.158. The van der Waals surface area contributed by atoms with Gasteiger partial charge in [-0.25, -0.2) is 0 Å². The first-order valence-corrected chi connectivity index (χ1v) is 5.76. The van der Waals surface area contributed by atoms with Gasteiger partial charge < -0.3 is 14.4 Å². The number of carbonyl (C=O) groups excluding carboxylic acids is 2. The molecule has 5 nitrogen and oxygen atoms in total. The van der Waals surface area contributed by atoms with Gasteiger partial charge in [0, 0.05) is 0 Å². The number of nitrogens with zero attached hydrogens (tertiary/aromatic N) is 1. The van der Waals surface area contributed by atoms with Gasteiger partial charge in [0.25, 0.3) is 0 Å². The number of β-lactam (4-membered cyclic amide) rings is 1. The minimum atomic E-state index is -1.37. The van der Waals surface area contributed by atoms with Crippen molar-refractivity contribution in [3.8, 4) is 0 Å². The highest BCUT2D eigenvalue weighted by molar-refractivity contribution is 6.38. The van der Waals surface area contributed by atoms with E-state index in [0.717, 1.165) is 0 Å². The van der Waals surface area contributed by atoms with E-state index in [-0.39, 0.29) is 25.3 Å². The van der Waals surface area contributed by atoms with Crippen LogP contribution in [0.25, 0.3) is 0 Å². The highest BCUT2D eigenvalue weighted by atomic mass is 35.5. The van der Waals surface area contributed by atoms with Crippen molar-refractivity contribution in [3.63, 3.8) is 0 Å². The Morgan fingerprint density at radius 1 is 1.81 bits per heavy atom. The van der Waals surface area contributed by atoms with Gasteiger partial charge in [0.05, 0.1) is 19.6 Å². The van der Waals surface area contributed by atoms with Crippen molar-refractivity contribution in [3.05, 3.63) is 0 Å². The Labute approximate surface area is 103 Å². The van der Waals surface area contributed by atoms with Crippen LogP contribution < -0.4 is 0 Å². The molecule has 2 saturated heterocycles. The molecule has 2 rings (SSSR count). The first kappa shape index (κ1) is 12.0. The molecule has 2 aliphatic rings. The normalized spacial score (nSPS) is 34.3. The molecule has 2 fully saturated rings. The Kier molecular flexibility index (Phi) is 3.03. The lowest BCUT2D eigenvalue weighted by atomic mass is 10.1. The van der Waals surface area contributed by atoms with E-state index in [0.29, 0.717) is 6.42 Å². The molecule has 0 bridgehead atoms. The molecule has 0 saturated carbocycles. The number of halogens is 2. The third kappa shape index (κ3) is 1.77. The molecule has 90 valence electrons. The van der Waals surface area contributed by atoms with Gasteiger partial charge in [-0.15, -0.1) is 11.6 Å². The Morgan fingerprint density at radius 2 is 2.50 bits per heavy atom. The lowest BCUT2D eigenvalue weighted by Crippen LogP contribution is -2.49. The molecule has 0 aromatic carbocycles. The molecule has 0 aromatic heterocycles. The molecule has 0 N–H and O–H groups in total. The van der Waals surface area contributed by atoms with Crippen LogP contribution in [-0.4, -0.2) is 46.6 Å². The molecule has 0 spiro atoms. The summed E-state index contributed by atoms with van der Waals surface area (Å²) in [7, 11) is 0. The number of hydrogen-bond donors (Lipinski definition) is 0. The van der Waals surface area contributed by atoms with Crippen LogP contribution >= 0.6 is 23.2 Å². The Hall–Kier alpha value is -0.520. The van der Waals surface area contributed by atoms with Crippen molar-refractivity contribution in [2.24, 2.45) is 0 Å². The van der Waals surface area contributed by atoms with Crippen LogP contribution in [0.1, 0.15) is 13.3 Å². The van der Waals surface area contributed by atoms with Crippen molar-refractivity contribution in [1.82, 2.24) is 4.90 Å². The van der Waals surface area contributed by atoms with Gasteiger partial charge in [-0.1, -0.05) is 11.6 Å². The number of rotatable bonds is 3. The monoisotopic (exact) mass is 267 g/mol. The first-order valence-electron chi connectivity index (χ1n) is 4.95. The van der Waals surface area contributed by atoms with Gasteiger partial charge in [0.15, 0.2) is 10.4 Å². The summed E-state index contributed by atoms with van der Waals surface area (Å²) < 4.78 is 10.1. The number of fused-ring (bicyclic) bond motifs is 1. The molecule has 2 heterocycles. The fourth-order valence-corrected chi connectivity index (χ4v) is 2.25. The number of ether oxygens (including phenoxy) is 2. The van der Waals surface area contributed by atoms with Gasteiger partial charge in [-0.3, -0.25) is 9.59 Å². The summed E-state index contributed by atoms with van der Waals surface area (Å²) in [6, 6.07) is 0. The zero-order chi connectivity index (χ0) is 11.9. The van der Waals surface area contributed by atoms with E-state index in [4.69, 9.17) is 32.7 Å². The van der Waals surface area contributed by atoms with E-state index in [9.17, 15) is 9.59 Å². The largest absolute Gasteiger partial charge is 0.465 e. The molecule has 3 atom stereocenters. The van der Waals surface area contributed by atoms with Crippen molar-refractivity contribution >= 4 is 35.1 Å². The molecule has 0 radical (unpaired) electrons. The van der Waals surface area contributed by atoms with Crippen LogP contribution in [0.2, 0.25) is 0 Å². The number of amides is 1. The second-order valence-electron chi connectivity index (χ2n) is 3.70. The van der Waals surface area contributed by atoms with E-state index in [1.165, 1.54) is 4.90 Å². The zero-order valence-corrected chi connectivity index (χ0v) is 10.1. The number of hydrogen-bond acceptors (Lipinski definition) is 4. The molecule has 0 aromatic rings. The third-order valence-corrected chi connectivity index (χ3v) is 3.68. The fourth-order valence-electron chi connectivity index (χ4n) is 1.75. The molecule has 3 unspecified atom stereocenters. The van der Waals surface area contributed by atoms with Crippen LogP contribution in [-0.2, 0) is 19.1 Å². The van der Waals surface area contributed by atoms with Crippen LogP contribution in [0, 0.1) is 0 Å². The average Bonchev–Trinajstić information content (AvgIpc) is 2.51. The van der Waals surface area contributed by atoms with Crippen molar-refractivity contribution in [1.29, 1.82) is 0 Å². The van der Waals surface area contributed by atoms with Crippen LogP contribution in [0.4, 0.5) is 0 Å². The molecule has 2 aliphatic heterocycles. The summed E-state index contributed by atoms with van der Waals surface area (Å²) in [5.41, 5.74) is 0. The predicted molar refractivity (Wildman–Crippen MR) is 56.1 cm³/mol. The molecule has 1 amide bonds. The molecule has 0 aliphatic carbocycles. The number of carbonyl (C=O) groups is 2. The first-order chi connectivity index (χ1) is 7.48. The van der Waals surface area contributed by atoms with Gasteiger partial charge in [0.1, 0.15) is 6.23 Å². The average molecular weight is 268 g/mol. The predicted octanol–water partition coefficient (Wildman–Crippen LogP) is 0.681. The van der Waals surface area contributed by atoms with Gasteiger partial charge in [0.2, 0.25) is 5.91 Å². The Balaban J connectivity index is 2.03. The van der Waals surface area contributed by atoms with Crippen molar-refractivity contribution in [2.45, 2.75) is 30.0 Å². The minimum absolute atomic E-state index is 0.0414. The smallest absolute Gasteiger partial charge is 0.328 e. The van der Waals surface area contributed by atoms with E-state index < -0.39 is 16.4 Å². The third-order valence-electron chi connectivity index (χ3n) is 2.61. The SMILES string of the molecule is CCOC(=O)C(Cl)C1(Cl)CN2C(=O)CC2O1. The van der Waals surface area contributed by atoms with Gasteiger partial charge >= 0.3 is 5.97 Å². The number of esters is 1. The molecule has 16 heavy (non-hydrogen) atoms. The summed E-state index contributed by atoms with van der Waals surface area (Å²) >= 11 is 12.0. The summed E-state index contributed by atoms with van der Waals surface area (Å²) in [5, 5.41) is -2.49. The second-order valence-corrected chi connectivity index (χ2v) is 4.78. The zero-order valence-electron chi connectivity index (χ0n) is 8.61. The van der Waals surface area contributed by atoms with E-state index >= 15 is 0 Å². The van der Waals surface area contributed by atoms with Crippen molar-refractivity contribution < 1.29 is 19.1 Å². The molecule has 7 heteroatoms. The molecular weight excluding hydrogens is 257 g/mol. The Morgan fingerprint density at radius 3 is 3.00 bits per heavy atom. The maximum Gasteiger partial charge on any atom is 0.328 e. The van der Waals surface area contributed by atoms with Crippen LogP contribution in [0.5, 0.6) is 0 Å². The van der Waals surface area contributed by atoms with E-state index in [1.54, 1.807) is 6.92 Å². The van der Waals surface area contributed by atoms with Gasteiger partial charge in [-0.05, 0) is 6.92 Å². The fraction of sp³-hybridized carbons (Fsp3) is 0.778. The lowest BCUT2D eigenvalue weighted by Gasteiger charge is -2.31. The van der Waals surface area contributed by atoms with Crippen molar-refractivity contribution in [2.75, 3.05) is 13.2 Å². The minimum Gasteiger partial charge on any atom is -0.465 e. The summed E-state index contributed by atoms with van der Waals surface area (Å²) in [5.74, 6) is -0.672. The topological polar surface area (TPSA) is 55.8 Å². The highest BCUT2D eigenvalue weighted by Crippen LogP contribution is 2.41. The number of alkyl halides is 2. The quantitative estimate of drug-likeness (QED) is 0.429. The van der Waals surface area contributed by atoms with E-state index in [2.05, 4.69) is 0 Å². The maximum atomic E-state index is 11.4. The summed E-state index contributed by atoms with van der Waals surface area (Å²) in [4.78, 5) is 24.0. The Bertz CT molecular complexity index is 337. The second kappa shape index (κ2) is 4.05. The molecular formula is C9H11Cl2NO4. The summed E-state index contributed by atoms with van der Waals surface area (Å²) in [6.07, 6.45) is -0.0540. The maximum absolute atomic E-state index is 11.4. The van der Waals surface area contributed by atoms with Gasteiger partial charge in [-0.2, -0.15) is 0 Å². The summed E-state index contributed by atoms with van der Waals surface area (Å²) in [6.45, 7) is 2.01.